The monoisotopic (exact) mass is 597 g/mol. The highest BCUT2D eigenvalue weighted by Crippen LogP contribution is 2.29. The van der Waals surface area contributed by atoms with Gasteiger partial charge in [-0.1, -0.05) is 73.5 Å². The van der Waals surface area contributed by atoms with E-state index < -0.39 is 28.5 Å². The predicted octanol–water partition coefficient (Wildman–Crippen LogP) is 6.18. The summed E-state index contributed by atoms with van der Waals surface area (Å²) >= 11 is 6.47. The zero-order valence-electron chi connectivity index (χ0n) is 24.6. The maximum Gasteiger partial charge on any atom is 0.264 e. The number of carbonyl (C=O) groups excluding carboxylic acids is 2. The van der Waals surface area contributed by atoms with Crippen molar-refractivity contribution in [1.82, 2.24) is 10.2 Å². The Kier molecular flexibility index (Phi) is 11.0. The van der Waals surface area contributed by atoms with E-state index in [-0.39, 0.29) is 23.4 Å². The molecule has 0 spiro atoms. The van der Waals surface area contributed by atoms with Crippen LogP contribution in [0.25, 0.3) is 0 Å². The van der Waals surface area contributed by atoms with Crippen molar-refractivity contribution in [2.45, 2.75) is 77.9 Å². The zero-order valence-corrected chi connectivity index (χ0v) is 26.2. The number of carbonyl (C=O) groups is 2. The topological polar surface area (TPSA) is 86.8 Å². The minimum Gasteiger partial charge on any atom is -0.352 e. The number of nitrogens with one attached hydrogen (secondary N) is 1. The number of rotatable bonds is 12. The number of halogens is 1. The second kappa shape index (κ2) is 14.0. The number of hydrogen-bond donors (Lipinski definition) is 1. The molecule has 0 aliphatic heterocycles. The van der Waals surface area contributed by atoms with Crippen LogP contribution < -0.4 is 9.62 Å². The molecule has 1 N–H and O–H groups in total. The lowest BCUT2D eigenvalue weighted by Crippen LogP contribution is -2.53. The van der Waals surface area contributed by atoms with Crippen LogP contribution in [-0.4, -0.2) is 43.8 Å². The van der Waals surface area contributed by atoms with Gasteiger partial charge in [0.2, 0.25) is 11.8 Å². The highest BCUT2D eigenvalue weighted by atomic mass is 35.5. The third kappa shape index (κ3) is 7.89. The van der Waals surface area contributed by atoms with E-state index in [1.807, 2.05) is 59.7 Å². The summed E-state index contributed by atoms with van der Waals surface area (Å²) in [4.78, 5) is 29.2. The fraction of sp³-hybridized carbons (Fsp3) is 0.375. The molecule has 3 aromatic rings. The Labute approximate surface area is 249 Å². The van der Waals surface area contributed by atoms with E-state index in [2.05, 4.69) is 5.32 Å². The molecule has 3 aromatic carbocycles. The van der Waals surface area contributed by atoms with Gasteiger partial charge in [-0.15, -0.1) is 0 Å². The summed E-state index contributed by atoms with van der Waals surface area (Å²) in [7, 11) is -4.14. The zero-order chi connectivity index (χ0) is 30.3. The molecule has 0 saturated carbocycles. The first-order chi connectivity index (χ1) is 19.4. The Hall–Kier alpha value is -3.36. The first-order valence-electron chi connectivity index (χ1n) is 13.9. The maximum absolute atomic E-state index is 14.2. The molecule has 0 radical (unpaired) electrons. The molecule has 0 heterocycles. The number of benzene rings is 3. The van der Waals surface area contributed by atoms with Gasteiger partial charge in [-0.3, -0.25) is 13.9 Å². The van der Waals surface area contributed by atoms with Gasteiger partial charge in [-0.2, -0.15) is 0 Å². The van der Waals surface area contributed by atoms with E-state index in [1.165, 1.54) is 4.90 Å². The van der Waals surface area contributed by atoms with Crippen LogP contribution in [0.3, 0.4) is 0 Å². The van der Waals surface area contributed by atoms with E-state index in [0.717, 1.165) is 21.9 Å². The fourth-order valence-electron chi connectivity index (χ4n) is 4.51. The second-order valence-corrected chi connectivity index (χ2v) is 12.7. The molecule has 0 aliphatic carbocycles. The molecule has 220 valence electrons. The molecule has 0 fully saturated rings. The fourth-order valence-corrected chi connectivity index (χ4v) is 6.18. The van der Waals surface area contributed by atoms with Gasteiger partial charge in [-0.25, -0.2) is 8.42 Å². The Bertz CT molecular complexity index is 1470. The standard InChI is InChI=1S/C32H40ClN3O4S/c1-7-25(6)34-32(38)29(8-2)35(20-26-11-9-10-12-28(26)33)31(37)21-36(30-19-23(4)13-16-24(30)5)41(39,40)27-17-14-22(3)15-18-27/h9-19,25,29H,7-8,20-21H2,1-6H3,(H,34,38)/t25-,29+/m0/s1. The van der Waals surface area contributed by atoms with Gasteiger partial charge in [0.15, 0.2) is 0 Å². The quantitative estimate of drug-likeness (QED) is 0.270. The van der Waals surface area contributed by atoms with Gasteiger partial charge >= 0.3 is 0 Å². The molecular weight excluding hydrogens is 558 g/mol. The summed E-state index contributed by atoms with van der Waals surface area (Å²) in [5.74, 6) is -0.797. The third-order valence-electron chi connectivity index (χ3n) is 7.21. The summed E-state index contributed by atoms with van der Waals surface area (Å²) in [6, 6.07) is 18.3. The molecule has 2 atom stereocenters. The van der Waals surface area contributed by atoms with Gasteiger partial charge in [0.05, 0.1) is 10.6 Å². The third-order valence-corrected chi connectivity index (χ3v) is 9.35. The average Bonchev–Trinajstić information content (AvgIpc) is 2.94. The smallest absolute Gasteiger partial charge is 0.264 e. The van der Waals surface area contributed by atoms with Gasteiger partial charge in [0.1, 0.15) is 12.6 Å². The van der Waals surface area contributed by atoms with Gasteiger partial charge < -0.3 is 10.2 Å². The van der Waals surface area contributed by atoms with Crippen molar-refractivity contribution < 1.29 is 18.0 Å². The summed E-state index contributed by atoms with van der Waals surface area (Å²) < 4.78 is 29.3. The van der Waals surface area contributed by atoms with Crippen LogP contribution in [0.15, 0.2) is 71.6 Å². The van der Waals surface area contributed by atoms with Gasteiger partial charge in [0.25, 0.3) is 10.0 Å². The normalized spacial score (nSPS) is 12.9. The number of aryl methyl sites for hydroxylation is 3. The number of anilines is 1. The van der Waals surface area contributed by atoms with E-state index in [0.29, 0.717) is 28.3 Å². The maximum atomic E-state index is 14.2. The Balaban J connectivity index is 2.11. The van der Waals surface area contributed by atoms with Crippen LogP contribution in [0.2, 0.25) is 5.02 Å². The number of amides is 2. The molecule has 0 saturated heterocycles. The molecule has 0 bridgehead atoms. The molecule has 7 nitrogen and oxygen atoms in total. The first kappa shape index (κ1) is 32.2. The Morgan fingerprint density at radius 3 is 2.15 bits per heavy atom. The minimum absolute atomic E-state index is 0.0517. The molecular formula is C32H40ClN3O4S. The van der Waals surface area contributed by atoms with Crippen molar-refractivity contribution in [2.24, 2.45) is 0 Å². The van der Waals surface area contributed by atoms with Crippen LogP contribution in [0.1, 0.15) is 55.9 Å². The average molecular weight is 598 g/mol. The van der Waals surface area contributed by atoms with Crippen LogP contribution in [0.5, 0.6) is 0 Å². The highest BCUT2D eigenvalue weighted by Gasteiger charge is 2.34. The summed E-state index contributed by atoms with van der Waals surface area (Å²) in [6.07, 6.45) is 1.07. The second-order valence-electron chi connectivity index (χ2n) is 10.5. The molecule has 9 heteroatoms. The van der Waals surface area contributed by atoms with Crippen LogP contribution in [-0.2, 0) is 26.2 Å². The lowest BCUT2D eigenvalue weighted by molar-refractivity contribution is -0.140. The van der Waals surface area contributed by atoms with Crippen LogP contribution in [0.4, 0.5) is 5.69 Å². The summed E-state index contributed by atoms with van der Waals surface area (Å²) in [5.41, 5.74) is 3.56. The van der Waals surface area contributed by atoms with Gasteiger partial charge in [-0.05, 0) is 81.5 Å². The van der Waals surface area contributed by atoms with Crippen molar-refractivity contribution in [2.75, 3.05) is 10.8 Å². The molecule has 41 heavy (non-hydrogen) atoms. The largest absolute Gasteiger partial charge is 0.352 e. The van der Waals surface area contributed by atoms with E-state index >= 15 is 0 Å². The molecule has 0 aliphatic rings. The van der Waals surface area contributed by atoms with Crippen molar-refractivity contribution in [3.05, 3.63) is 94.0 Å². The van der Waals surface area contributed by atoms with E-state index in [1.54, 1.807) is 48.5 Å². The van der Waals surface area contributed by atoms with Crippen LogP contribution >= 0.6 is 11.6 Å². The van der Waals surface area contributed by atoms with Crippen molar-refractivity contribution in [3.8, 4) is 0 Å². The number of sulfonamides is 1. The first-order valence-corrected chi connectivity index (χ1v) is 15.7. The Morgan fingerprint density at radius 1 is 0.902 bits per heavy atom. The highest BCUT2D eigenvalue weighted by molar-refractivity contribution is 7.92. The number of nitrogens with zero attached hydrogens (tertiary/aromatic N) is 2. The van der Waals surface area contributed by atoms with Crippen molar-refractivity contribution in [1.29, 1.82) is 0 Å². The van der Waals surface area contributed by atoms with E-state index in [4.69, 9.17) is 11.6 Å². The molecule has 2 amide bonds. The Morgan fingerprint density at radius 2 is 1.54 bits per heavy atom. The lowest BCUT2D eigenvalue weighted by Gasteiger charge is -2.34. The number of hydrogen-bond acceptors (Lipinski definition) is 4. The van der Waals surface area contributed by atoms with Gasteiger partial charge in [0, 0.05) is 17.6 Å². The summed E-state index contributed by atoms with van der Waals surface area (Å²) in [6.45, 7) is 10.8. The predicted molar refractivity (Wildman–Crippen MR) is 166 cm³/mol. The van der Waals surface area contributed by atoms with E-state index in [9.17, 15) is 18.0 Å². The van der Waals surface area contributed by atoms with Crippen LogP contribution in [0, 0.1) is 20.8 Å². The minimum atomic E-state index is -4.14. The summed E-state index contributed by atoms with van der Waals surface area (Å²) in [5, 5.41) is 3.44. The molecule has 0 aromatic heterocycles. The lowest BCUT2D eigenvalue weighted by atomic mass is 10.1. The van der Waals surface area contributed by atoms with Crippen molar-refractivity contribution in [3.63, 3.8) is 0 Å². The van der Waals surface area contributed by atoms with Crippen molar-refractivity contribution >= 4 is 39.1 Å². The molecule has 3 rings (SSSR count). The molecule has 0 unspecified atom stereocenters. The SMILES string of the molecule is CC[C@H](C(=O)N[C@@H](C)CC)N(Cc1ccccc1Cl)C(=O)CN(c1cc(C)ccc1C)S(=O)(=O)c1ccc(C)cc1.